The Morgan fingerprint density at radius 3 is 2.66 bits per heavy atom. The molecule has 1 aliphatic rings. The van der Waals surface area contributed by atoms with Crippen LogP contribution in [0.4, 0.5) is 16.2 Å². The standard InChI is InChI=1S/C26H30N4O5/c1-5-27-26(33)28-19-11-12-23-22(15-19)30(3)25(32)21(16-35-23)29-24(31)17(2)13-20(34-4)14-18-9-7-6-8-10-18/h6-13,15,21H,2,5,14,16H2,1,3-4H3,(H,29,31)(H2,27,28,33)/b20-13-/t21-/m0/s1. The Morgan fingerprint density at radius 1 is 1.23 bits per heavy atom. The van der Waals surface area contributed by atoms with Gasteiger partial charge in [0.15, 0.2) is 0 Å². The summed E-state index contributed by atoms with van der Waals surface area (Å²) in [6.07, 6.45) is 2.06. The zero-order chi connectivity index (χ0) is 25.4. The van der Waals surface area contributed by atoms with Gasteiger partial charge in [0.25, 0.3) is 11.8 Å². The van der Waals surface area contributed by atoms with Gasteiger partial charge < -0.3 is 30.3 Å². The number of ether oxygens (including phenoxy) is 2. The lowest BCUT2D eigenvalue weighted by Crippen LogP contribution is -2.49. The number of nitrogens with one attached hydrogen (secondary N) is 3. The second-order valence-electron chi connectivity index (χ2n) is 7.90. The summed E-state index contributed by atoms with van der Waals surface area (Å²) >= 11 is 0. The lowest BCUT2D eigenvalue weighted by molar-refractivity contribution is -0.125. The number of benzene rings is 2. The van der Waals surface area contributed by atoms with Gasteiger partial charge in [-0.05, 0) is 36.8 Å². The van der Waals surface area contributed by atoms with E-state index in [0.29, 0.717) is 35.8 Å². The number of rotatable bonds is 8. The summed E-state index contributed by atoms with van der Waals surface area (Å²) in [5.74, 6) is 0.159. The number of fused-ring (bicyclic) bond motifs is 1. The van der Waals surface area contributed by atoms with Crippen LogP contribution in [0.3, 0.4) is 0 Å². The summed E-state index contributed by atoms with van der Waals surface area (Å²) in [6.45, 7) is 6.08. The molecule has 1 atom stereocenters. The topological polar surface area (TPSA) is 109 Å². The number of anilines is 2. The predicted octanol–water partition coefficient (Wildman–Crippen LogP) is 3.00. The summed E-state index contributed by atoms with van der Waals surface area (Å²) in [4.78, 5) is 39.1. The average Bonchev–Trinajstić information content (AvgIpc) is 2.96. The van der Waals surface area contributed by atoms with E-state index >= 15 is 0 Å². The molecule has 0 aromatic heterocycles. The van der Waals surface area contributed by atoms with Crippen LogP contribution in [0, 0.1) is 0 Å². The van der Waals surface area contributed by atoms with Crippen LogP contribution in [0.25, 0.3) is 0 Å². The first kappa shape index (κ1) is 25.4. The highest BCUT2D eigenvalue weighted by molar-refractivity contribution is 6.04. The van der Waals surface area contributed by atoms with Gasteiger partial charge in [0.05, 0.1) is 12.8 Å². The molecule has 4 amide bonds. The largest absolute Gasteiger partial charge is 0.501 e. The van der Waals surface area contributed by atoms with E-state index in [1.165, 1.54) is 12.0 Å². The van der Waals surface area contributed by atoms with Crippen molar-refractivity contribution in [3.8, 4) is 5.75 Å². The van der Waals surface area contributed by atoms with E-state index in [1.807, 2.05) is 37.3 Å². The summed E-state index contributed by atoms with van der Waals surface area (Å²) < 4.78 is 11.2. The van der Waals surface area contributed by atoms with Crippen molar-refractivity contribution >= 4 is 29.2 Å². The lowest BCUT2D eigenvalue weighted by atomic mass is 10.1. The van der Waals surface area contributed by atoms with Gasteiger partial charge in [-0.1, -0.05) is 36.9 Å². The third-order valence-corrected chi connectivity index (χ3v) is 5.37. The molecule has 0 fully saturated rings. The monoisotopic (exact) mass is 478 g/mol. The summed E-state index contributed by atoms with van der Waals surface area (Å²) in [5.41, 5.74) is 2.17. The Hall–Kier alpha value is -4.27. The summed E-state index contributed by atoms with van der Waals surface area (Å²) in [7, 11) is 3.12. The fourth-order valence-corrected chi connectivity index (χ4v) is 3.51. The summed E-state index contributed by atoms with van der Waals surface area (Å²) in [5, 5.41) is 8.05. The van der Waals surface area contributed by atoms with Gasteiger partial charge >= 0.3 is 6.03 Å². The maximum atomic E-state index is 13.1. The highest BCUT2D eigenvalue weighted by Crippen LogP contribution is 2.33. The van der Waals surface area contributed by atoms with E-state index in [2.05, 4.69) is 22.5 Å². The third-order valence-electron chi connectivity index (χ3n) is 5.37. The number of hydrogen-bond donors (Lipinski definition) is 3. The molecule has 2 aromatic rings. The van der Waals surface area contributed by atoms with Gasteiger partial charge in [-0.2, -0.15) is 0 Å². The van der Waals surface area contributed by atoms with Crippen molar-refractivity contribution in [2.24, 2.45) is 0 Å². The molecular weight excluding hydrogens is 448 g/mol. The average molecular weight is 479 g/mol. The molecule has 184 valence electrons. The Balaban J connectivity index is 1.68. The molecule has 0 spiro atoms. The fraction of sp³-hybridized carbons (Fsp3) is 0.269. The molecule has 9 heteroatoms. The molecule has 9 nitrogen and oxygen atoms in total. The van der Waals surface area contributed by atoms with Gasteiger partial charge in [0, 0.05) is 31.3 Å². The number of carbonyl (C=O) groups excluding carboxylic acids is 3. The number of nitrogens with zero attached hydrogens (tertiary/aromatic N) is 1. The van der Waals surface area contributed by atoms with E-state index in [-0.39, 0.29) is 24.1 Å². The van der Waals surface area contributed by atoms with Crippen LogP contribution in [0.15, 0.2) is 72.5 Å². The first-order chi connectivity index (χ1) is 16.8. The van der Waals surface area contributed by atoms with Gasteiger partial charge in [-0.25, -0.2) is 4.79 Å². The number of urea groups is 1. The molecule has 3 N–H and O–H groups in total. The maximum Gasteiger partial charge on any atom is 0.319 e. The Labute approximate surface area is 204 Å². The summed E-state index contributed by atoms with van der Waals surface area (Å²) in [6, 6.07) is 13.4. The zero-order valence-corrected chi connectivity index (χ0v) is 20.1. The quantitative estimate of drug-likeness (QED) is 0.307. The number of hydrogen-bond acceptors (Lipinski definition) is 5. The van der Waals surface area contributed by atoms with Crippen LogP contribution in [0.1, 0.15) is 12.5 Å². The minimum Gasteiger partial charge on any atom is -0.501 e. The van der Waals surface area contributed by atoms with Gasteiger partial charge in [0.2, 0.25) is 0 Å². The molecule has 0 saturated carbocycles. The van der Waals surface area contributed by atoms with Gasteiger partial charge in [-0.3, -0.25) is 9.59 Å². The highest BCUT2D eigenvalue weighted by atomic mass is 16.5. The lowest BCUT2D eigenvalue weighted by Gasteiger charge is -2.21. The Kier molecular flexibility index (Phi) is 8.50. The Bertz CT molecular complexity index is 1130. The third kappa shape index (κ3) is 6.63. The van der Waals surface area contributed by atoms with Crippen molar-refractivity contribution < 1.29 is 23.9 Å². The Morgan fingerprint density at radius 2 is 1.97 bits per heavy atom. The second kappa shape index (κ2) is 11.7. The normalized spacial score (nSPS) is 15.3. The molecule has 0 bridgehead atoms. The van der Waals surface area contributed by atoms with Crippen molar-refractivity contribution in [3.05, 3.63) is 78.1 Å². The van der Waals surface area contributed by atoms with E-state index < -0.39 is 11.9 Å². The molecule has 0 radical (unpaired) electrons. The van der Waals surface area contributed by atoms with Crippen LogP contribution in [0.5, 0.6) is 5.75 Å². The SMILES string of the molecule is C=C(/C=C(/Cc1ccccc1)OC)C(=O)N[C@H]1COc2ccc(NC(=O)NCC)cc2N(C)C1=O. The molecule has 0 saturated heterocycles. The minimum atomic E-state index is -0.926. The molecule has 0 unspecified atom stereocenters. The minimum absolute atomic E-state index is 0.0524. The molecule has 35 heavy (non-hydrogen) atoms. The van der Waals surface area contributed by atoms with E-state index in [4.69, 9.17) is 9.47 Å². The molecule has 3 rings (SSSR count). The van der Waals surface area contributed by atoms with Crippen LogP contribution < -0.4 is 25.6 Å². The number of likely N-dealkylation sites (N-methyl/N-ethyl adjacent to an activating group) is 1. The second-order valence-corrected chi connectivity index (χ2v) is 7.90. The van der Waals surface area contributed by atoms with Gasteiger partial charge in [-0.15, -0.1) is 0 Å². The van der Waals surface area contributed by atoms with Crippen molar-refractivity contribution in [3.63, 3.8) is 0 Å². The number of carbonyl (C=O) groups is 3. The first-order valence-electron chi connectivity index (χ1n) is 11.2. The maximum absolute atomic E-state index is 13.1. The van der Waals surface area contributed by atoms with Gasteiger partial charge in [0.1, 0.15) is 24.2 Å². The fourth-order valence-electron chi connectivity index (χ4n) is 3.51. The first-order valence-corrected chi connectivity index (χ1v) is 11.2. The number of amides is 4. The zero-order valence-electron chi connectivity index (χ0n) is 20.1. The highest BCUT2D eigenvalue weighted by Gasteiger charge is 2.31. The van der Waals surface area contributed by atoms with E-state index in [1.54, 1.807) is 31.3 Å². The van der Waals surface area contributed by atoms with Crippen molar-refractivity contribution in [1.29, 1.82) is 0 Å². The molecule has 1 heterocycles. The predicted molar refractivity (Wildman–Crippen MR) is 134 cm³/mol. The van der Waals surface area contributed by atoms with Crippen molar-refractivity contribution in [2.45, 2.75) is 19.4 Å². The van der Waals surface area contributed by atoms with Crippen molar-refractivity contribution in [1.82, 2.24) is 10.6 Å². The number of allylic oxidation sites excluding steroid dienone is 1. The molecule has 0 aliphatic carbocycles. The van der Waals surface area contributed by atoms with E-state index in [0.717, 1.165) is 5.56 Å². The smallest absolute Gasteiger partial charge is 0.319 e. The van der Waals surface area contributed by atoms with Crippen LogP contribution in [0.2, 0.25) is 0 Å². The molecule has 1 aliphatic heterocycles. The van der Waals surface area contributed by atoms with Crippen LogP contribution in [-0.4, -0.2) is 51.2 Å². The molecule has 2 aromatic carbocycles. The van der Waals surface area contributed by atoms with E-state index in [9.17, 15) is 14.4 Å². The molecular formula is C26H30N4O5. The van der Waals surface area contributed by atoms with Crippen LogP contribution in [-0.2, 0) is 20.7 Å². The van der Waals surface area contributed by atoms with Crippen LogP contribution >= 0.6 is 0 Å². The number of methoxy groups -OCH3 is 1. The van der Waals surface area contributed by atoms with Crippen molar-refractivity contribution in [2.75, 3.05) is 37.5 Å².